The summed E-state index contributed by atoms with van der Waals surface area (Å²) in [5.41, 5.74) is -0.742. The predicted octanol–water partition coefficient (Wildman–Crippen LogP) is 0.465. The van der Waals surface area contributed by atoms with Crippen LogP contribution in [-0.2, 0) is 4.74 Å². The predicted molar refractivity (Wildman–Crippen MR) is 66.7 cm³/mol. The summed E-state index contributed by atoms with van der Waals surface area (Å²) >= 11 is 0. The molecule has 1 aromatic heterocycles. The molecule has 2 heterocycles. The SMILES string of the molecule is COCCC(C)(O)CN1C(=O)c2cccnc2C1=O. The number of imide groups is 1. The third kappa shape index (κ3) is 2.64. The van der Waals surface area contributed by atoms with Gasteiger partial charge in [-0.3, -0.25) is 19.5 Å². The second-order valence-electron chi connectivity index (χ2n) is 4.84. The van der Waals surface area contributed by atoms with E-state index in [1.807, 2.05) is 0 Å². The number of hydrogen-bond donors (Lipinski definition) is 1. The van der Waals surface area contributed by atoms with Crippen LogP contribution in [0.5, 0.6) is 0 Å². The Morgan fingerprint density at radius 1 is 1.42 bits per heavy atom. The van der Waals surface area contributed by atoms with E-state index in [1.165, 1.54) is 13.3 Å². The minimum atomic E-state index is -1.18. The summed E-state index contributed by atoms with van der Waals surface area (Å²) in [7, 11) is 1.53. The number of aromatic nitrogens is 1. The molecule has 6 heteroatoms. The molecule has 1 aliphatic heterocycles. The van der Waals surface area contributed by atoms with Crippen molar-refractivity contribution in [1.82, 2.24) is 9.88 Å². The van der Waals surface area contributed by atoms with E-state index in [-0.39, 0.29) is 17.8 Å². The zero-order valence-corrected chi connectivity index (χ0v) is 10.9. The third-order valence-corrected chi connectivity index (χ3v) is 3.07. The molecular formula is C13H16N2O4. The van der Waals surface area contributed by atoms with E-state index in [0.717, 1.165) is 4.90 Å². The number of ether oxygens (including phenoxy) is 1. The monoisotopic (exact) mass is 264 g/mol. The van der Waals surface area contributed by atoms with Crippen LogP contribution >= 0.6 is 0 Å². The van der Waals surface area contributed by atoms with Gasteiger partial charge in [0.05, 0.1) is 17.7 Å². The zero-order valence-electron chi connectivity index (χ0n) is 10.9. The molecule has 0 saturated carbocycles. The van der Waals surface area contributed by atoms with Crippen molar-refractivity contribution in [3.63, 3.8) is 0 Å². The van der Waals surface area contributed by atoms with E-state index in [2.05, 4.69) is 4.98 Å². The Labute approximate surface area is 111 Å². The Morgan fingerprint density at radius 2 is 2.16 bits per heavy atom. The molecule has 1 unspecified atom stereocenters. The first kappa shape index (κ1) is 13.6. The number of hydrogen-bond acceptors (Lipinski definition) is 5. The van der Waals surface area contributed by atoms with Gasteiger partial charge in [-0.05, 0) is 19.1 Å². The van der Waals surface area contributed by atoms with E-state index >= 15 is 0 Å². The van der Waals surface area contributed by atoms with Crippen molar-refractivity contribution in [3.05, 3.63) is 29.6 Å². The fourth-order valence-corrected chi connectivity index (χ4v) is 2.00. The van der Waals surface area contributed by atoms with Gasteiger partial charge in [0.1, 0.15) is 5.69 Å². The quantitative estimate of drug-likeness (QED) is 0.782. The van der Waals surface area contributed by atoms with Crippen molar-refractivity contribution in [2.45, 2.75) is 18.9 Å². The van der Waals surface area contributed by atoms with Crippen LogP contribution in [-0.4, -0.2) is 52.7 Å². The summed E-state index contributed by atoms with van der Waals surface area (Å²) in [6.07, 6.45) is 1.81. The van der Waals surface area contributed by atoms with Crippen molar-refractivity contribution in [2.24, 2.45) is 0 Å². The van der Waals surface area contributed by atoms with Crippen LogP contribution in [0, 0.1) is 0 Å². The lowest BCUT2D eigenvalue weighted by Crippen LogP contribution is -2.44. The summed E-state index contributed by atoms with van der Waals surface area (Å²) < 4.78 is 4.90. The summed E-state index contributed by atoms with van der Waals surface area (Å²) in [4.78, 5) is 29.1. The first-order chi connectivity index (χ1) is 8.96. The highest BCUT2D eigenvalue weighted by atomic mass is 16.5. The van der Waals surface area contributed by atoms with E-state index in [9.17, 15) is 14.7 Å². The molecule has 102 valence electrons. The Balaban J connectivity index is 2.16. The lowest BCUT2D eigenvalue weighted by Gasteiger charge is -2.27. The van der Waals surface area contributed by atoms with Gasteiger partial charge in [-0.1, -0.05) is 0 Å². The summed E-state index contributed by atoms with van der Waals surface area (Å²) in [6, 6.07) is 3.17. The van der Waals surface area contributed by atoms with Crippen LogP contribution in [0.4, 0.5) is 0 Å². The van der Waals surface area contributed by atoms with E-state index in [0.29, 0.717) is 13.0 Å². The second kappa shape index (κ2) is 5.07. The number of fused-ring (bicyclic) bond motifs is 1. The fourth-order valence-electron chi connectivity index (χ4n) is 2.00. The molecule has 0 fully saturated rings. The highest BCUT2D eigenvalue weighted by Gasteiger charge is 2.40. The number of aliphatic hydroxyl groups is 1. The molecule has 0 saturated heterocycles. The number of methoxy groups -OCH3 is 1. The van der Waals surface area contributed by atoms with Gasteiger partial charge in [-0.15, -0.1) is 0 Å². The van der Waals surface area contributed by atoms with Crippen molar-refractivity contribution < 1.29 is 19.4 Å². The highest BCUT2D eigenvalue weighted by Crippen LogP contribution is 2.23. The zero-order chi connectivity index (χ0) is 14.0. The van der Waals surface area contributed by atoms with Gasteiger partial charge in [-0.25, -0.2) is 0 Å². The molecule has 0 bridgehead atoms. The largest absolute Gasteiger partial charge is 0.388 e. The first-order valence-electron chi connectivity index (χ1n) is 5.99. The number of nitrogens with zero attached hydrogens (tertiary/aromatic N) is 2. The summed E-state index contributed by atoms with van der Waals surface area (Å²) in [6.45, 7) is 1.86. The van der Waals surface area contributed by atoms with Crippen LogP contribution in [0.15, 0.2) is 18.3 Å². The molecule has 0 spiro atoms. The minimum absolute atomic E-state index is 0.0651. The molecule has 0 aliphatic carbocycles. The average Bonchev–Trinajstić information content (AvgIpc) is 2.62. The van der Waals surface area contributed by atoms with E-state index in [1.54, 1.807) is 19.1 Å². The topological polar surface area (TPSA) is 79.7 Å². The molecule has 19 heavy (non-hydrogen) atoms. The van der Waals surface area contributed by atoms with Crippen LogP contribution in [0.25, 0.3) is 0 Å². The number of rotatable bonds is 5. The molecule has 2 amide bonds. The van der Waals surface area contributed by atoms with Crippen molar-refractivity contribution in [2.75, 3.05) is 20.3 Å². The van der Waals surface area contributed by atoms with Gasteiger partial charge in [0.25, 0.3) is 11.8 Å². The summed E-state index contributed by atoms with van der Waals surface area (Å²) in [5, 5.41) is 10.2. The van der Waals surface area contributed by atoms with Crippen molar-refractivity contribution in [3.8, 4) is 0 Å². The minimum Gasteiger partial charge on any atom is -0.388 e. The van der Waals surface area contributed by atoms with Gasteiger partial charge in [-0.2, -0.15) is 0 Å². The van der Waals surface area contributed by atoms with Crippen molar-refractivity contribution >= 4 is 11.8 Å². The number of β-amino-alcohol motifs (C(OH)–C–C–N with tert-alkyl or cyclic N) is 1. The molecule has 2 rings (SSSR count). The Kier molecular flexibility index (Phi) is 3.64. The van der Waals surface area contributed by atoms with Gasteiger partial charge in [0.2, 0.25) is 0 Å². The van der Waals surface area contributed by atoms with Crippen LogP contribution in [0.2, 0.25) is 0 Å². The maximum atomic E-state index is 12.1. The van der Waals surface area contributed by atoms with Crippen molar-refractivity contribution in [1.29, 1.82) is 0 Å². The fraction of sp³-hybridized carbons (Fsp3) is 0.462. The van der Waals surface area contributed by atoms with Crippen LogP contribution in [0.1, 0.15) is 34.2 Å². The summed E-state index contributed by atoms with van der Waals surface area (Å²) in [5.74, 6) is -0.871. The van der Waals surface area contributed by atoms with Gasteiger partial charge in [0, 0.05) is 26.3 Å². The maximum Gasteiger partial charge on any atom is 0.280 e. The number of amides is 2. The van der Waals surface area contributed by atoms with E-state index < -0.39 is 17.4 Å². The number of carbonyl (C=O) groups is 2. The Bertz CT molecular complexity index is 478. The molecule has 1 aromatic rings. The van der Waals surface area contributed by atoms with Crippen LogP contribution < -0.4 is 0 Å². The van der Waals surface area contributed by atoms with Crippen LogP contribution in [0.3, 0.4) is 0 Å². The molecule has 1 atom stereocenters. The normalized spacial score (nSPS) is 17.5. The van der Waals surface area contributed by atoms with Gasteiger partial charge >= 0.3 is 0 Å². The molecular weight excluding hydrogens is 248 g/mol. The first-order valence-corrected chi connectivity index (χ1v) is 5.99. The second-order valence-corrected chi connectivity index (χ2v) is 4.84. The number of pyridine rings is 1. The molecule has 0 radical (unpaired) electrons. The smallest absolute Gasteiger partial charge is 0.280 e. The lowest BCUT2D eigenvalue weighted by molar-refractivity contribution is -0.000354. The Morgan fingerprint density at radius 3 is 2.79 bits per heavy atom. The molecule has 0 aromatic carbocycles. The third-order valence-electron chi connectivity index (χ3n) is 3.07. The average molecular weight is 264 g/mol. The molecule has 1 N–H and O–H groups in total. The van der Waals surface area contributed by atoms with E-state index in [4.69, 9.17) is 4.74 Å². The lowest BCUT2D eigenvalue weighted by atomic mass is 10.0. The molecule has 1 aliphatic rings. The maximum absolute atomic E-state index is 12.1. The molecule has 6 nitrogen and oxygen atoms in total. The highest BCUT2D eigenvalue weighted by molar-refractivity contribution is 6.20. The van der Waals surface area contributed by atoms with Gasteiger partial charge in [0.15, 0.2) is 0 Å². The Hall–Kier alpha value is -1.79. The van der Waals surface area contributed by atoms with Gasteiger partial charge < -0.3 is 9.84 Å². The number of carbonyl (C=O) groups excluding carboxylic acids is 2. The standard InChI is InChI=1S/C13H16N2O4/c1-13(18,5-7-19-2)8-15-11(16)9-4-3-6-14-10(9)12(15)17/h3-4,6,18H,5,7-8H2,1-2H3.